The first-order valence-electron chi connectivity index (χ1n) is 6.33. The fraction of sp³-hybridized carbons (Fsp3) is 0.308. The third-order valence-electron chi connectivity index (χ3n) is 2.79. The van der Waals surface area contributed by atoms with E-state index in [0.717, 1.165) is 28.2 Å². The van der Waals surface area contributed by atoms with E-state index in [4.69, 9.17) is 4.74 Å². The summed E-state index contributed by atoms with van der Waals surface area (Å²) in [4.78, 5) is 4.67. The fourth-order valence-electron chi connectivity index (χ4n) is 1.73. The molecule has 0 bridgehead atoms. The Kier molecular flexibility index (Phi) is 5.02. The summed E-state index contributed by atoms with van der Waals surface area (Å²) in [6, 6.07) is 2.10. The number of methoxy groups -OCH3 is 1. The zero-order valence-corrected chi connectivity index (χ0v) is 13.9. The second-order valence-corrected chi connectivity index (χ2v) is 6.83. The van der Waals surface area contributed by atoms with Gasteiger partial charge in [0.25, 0.3) is 0 Å². The molecule has 3 heterocycles. The lowest BCUT2D eigenvalue weighted by Crippen LogP contribution is -2.04. The minimum Gasteiger partial charge on any atom is -0.383 e. The van der Waals surface area contributed by atoms with Gasteiger partial charge in [-0.25, -0.2) is 4.98 Å². The van der Waals surface area contributed by atoms with Gasteiger partial charge in [-0.2, -0.15) is 11.3 Å². The van der Waals surface area contributed by atoms with Crippen molar-refractivity contribution in [2.24, 2.45) is 0 Å². The van der Waals surface area contributed by atoms with Crippen molar-refractivity contribution in [1.29, 1.82) is 0 Å². The summed E-state index contributed by atoms with van der Waals surface area (Å²) in [6.45, 7) is 1.42. The Balaban J connectivity index is 1.62. The third kappa shape index (κ3) is 3.70. The fourth-order valence-corrected chi connectivity index (χ4v) is 4.20. The molecule has 3 aromatic rings. The first-order chi connectivity index (χ1) is 10.4. The summed E-state index contributed by atoms with van der Waals surface area (Å²) < 4.78 is 7.08. The van der Waals surface area contributed by atoms with Gasteiger partial charge in [0.05, 0.1) is 12.3 Å². The van der Waals surface area contributed by atoms with Crippen LogP contribution in [0.4, 0.5) is 0 Å². The Morgan fingerprint density at radius 2 is 2.33 bits per heavy atom. The zero-order chi connectivity index (χ0) is 14.5. The molecule has 0 amide bonds. The van der Waals surface area contributed by atoms with Gasteiger partial charge in [0.1, 0.15) is 11.3 Å². The number of thiazole rings is 1. The molecular formula is C13H14N4OS3. The van der Waals surface area contributed by atoms with Gasteiger partial charge in [0.2, 0.25) is 0 Å². The Hall–Kier alpha value is -1.22. The summed E-state index contributed by atoms with van der Waals surface area (Å²) >= 11 is 5.02. The van der Waals surface area contributed by atoms with Crippen LogP contribution < -0.4 is 0 Å². The van der Waals surface area contributed by atoms with Gasteiger partial charge >= 0.3 is 0 Å². The van der Waals surface area contributed by atoms with Crippen molar-refractivity contribution in [2.45, 2.75) is 17.5 Å². The number of nitrogens with zero attached hydrogens (tertiary/aromatic N) is 4. The maximum absolute atomic E-state index is 5.08. The van der Waals surface area contributed by atoms with E-state index in [1.165, 1.54) is 5.56 Å². The lowest BCUT2D eigenvalue weighted by Gasteiger charge is -2.04. The van der Waals surface area contributed by atoms with Crippen molar-refractivity contribution in [2.75, 3.05) is 13.7 Å². The van der Waals surface area contributed by atoms with E-state index in [9.17, 15) is 0 Å². The van der Waals surface area contributed by atoms with Gasteiger partial charge in [-0.15, -0.1) is 21.5 Å². The number of thioether (sulfide) groups is 1. The summed E-state index contributed by atoms with van der Waals surface area (Å²) in [6.07, 6.45) is 1.74. The van der Waals surface area contributed by atoms with Gasteiger partial charge in [0.15, 0.2) is 5.16 Å². The molecule has 8 heteroatoms. The normalized spacial score (nSPS) is 11.1. The third-order valence-corrected chi connectivity index (χ3v) is 5.42. The summed E-state index contributed by atoms with van der Waals surface area (Å²) in [5.41, 5.74) is 2.28. The topological polar surface area (TPSA) is 52.8 Å². The predicted molar refractivity (Wildman–Crippen MR) is 86.9 cm³/mol. The van der Waals surface area contributed by atoms with E-state index in [1.807, 2.05) is 4.57 Å². The largest absolute Gasteiger partial charge is 0.383 e. The summed E-state index contributed by atoms with van der Waals surface area (Å²) in [7, 11) is 1.69. The molecule has 0 aliphatic heterocycles. The number of rotatable bonds is 7. The molecule has 0 atom stereocenters. The predicted octanol–water partition coefficient (Wildman–Crippen LogP) is 3.40. The van der Waals surface area contributed by atoms with Gasteiger partial charge in [-0.05, 0) is 11.4 Å². The summed E-state index contributed by atoms with van der Waals surface area (Å²) in [5.74, 6) is 0.798. The van der Waals surface area contributed by atoms with Crippen LogP contribution >= 0.6 is 34.4 Å². The zero-order valence-electron chi connectivity index (χ0n) is 11.4. The van der Waals surface area contributed by atoms with Gasteiger partial charge in [-0.3, -0.25) is 0 Å². The van der Waals surface area contributed by atoms with Crippen LogP contribution in [-0.2, 0) is 17.0 Å². The van der Waals surface area contributed by atoms with E-state index in [1.54, 1.807) is 47.9 Å². The minimum atomic E-state index is 0.657. The molecule has 5 nitrogen and oxygen atoms in total. The van der Waals surface area contributed by atoms with Gasteiger partial charge in [-0.1, -0.05) is 11.8 Å². The minimum absolute atomic E-state index is 0.657. The maximum atomic E-state index is 5.08. The average molecular weight is 338 g/mol. The van der Waals surface area contributed by atoms with Crippen molar-refractivity contribution >= 4 is 34.4 Å². The van der Waals surface area contributed by atoms with E-state index in [2.05, 4.69) is 37.4 Å². The molecule has 0 N–H and O–H groups in total. The van der Waals surface area contributed by atoms with Crippen LogP contribution in [0.1, 0.15) is 5.69 Å². The molecule has 3 rings (SSSR count). The van der Waals surface area contributed by atoms with Crippen LogP contribution in [0.15, 0.2) is 33.7 Å². The molecule has 0 saturated carbocycles. The molecule has 21 heavy (non-hydrogen) atoms. The number of ether oxygens (including phenoxy) is 1. The standard InChI is InChI=1S/C13H14N4OS3/c1-18-4-3-17-9-14-16-13(17)21-8-11-7-20-12(15-11)10-2-5-19-6-10/h2,5-7,9H,3-4,8H2,1H3. The molecular weight excluding hydrogens is 324 g/mol. The van der Waals surface area contributed by atoms with Crippen LogP contribution in [0.3, 0.4) is 0 Å². The number of hydrogen-bond donors (Lipinski definition) is 0. The van der Waals surface area contributed by atoms with E-state index in [0.29, 0.717) is 6.61 Å². The molecule has 0 aliphatic rings. The van der Waals surface area contributed by atoms with Gasteiger partial charge in [0, 0.05) is 35.7 Å². The maximum Gasteiger partial charge on any atom is 0.191 e. The lowest BCUT2D eigenvalue weighted by molar-refractivity contribution is 0.184. The highest BCUT2D eigenvalue weighted by Crippen LogP contribution is 2.28. The first kappa shape index (κ1) is 14.7. The molecule has 0 aromatic carbocycles. The highest BCUT2D eigenvalue weighted by Gasteiger charge is 2.09. The second-order valence-electron chi connectivity index (χ2n) is 4.24. The highest BCUT2D eigenvalue weighted by molar-refractivity contribution is 7.98. The number of thiophene rings is 1. The van der Waals surface area contributed by atoms with Crippen molar-refractivity contribution < 1.29 is 4.74 Å². The van der Waals surface area contributed by atoms with Crippen LogP contribution in [0.25, 0.3) is 10.6 Å². The van der Waals surface area contributed by atoms with E-state index >= 15 is 0 Å². The van der Waals surface area contributed by atoms with Crippen molar-refractivity contribution in [1.82, 2.24) is 19.7 Å². The molecule has 0 spiro atoms. The number of aromatic nitrogens is 4. The monoisotopic (exact) mass is 338 g/mol. The number of hydrogen-bond acceptors (Lipinski definition) is 7. The molecule has 0 fully saturated rings. The quantitative estimate of drug-likeness (QED) is 0.618. The van der Waals surface area contributed by atoms with Crippen LogP contribution in [0.5, 0.6) is 0 Å². The smallest absolute Gasteiger partial charge is 0.191 e. The highest BCUT2D eigenvalue weighted by atomic mass is 32.2. The molecule has 0 aliphatic carbocycles. The van der Waals surface area contributed by atoms with Crippen molar-refractivity contribution in [3.63, 3.8) is 0 Å². The molecule has 110 valence electrons. The molecule has 0 radical (unpaired) electrons. The lowest BCUT2D eigenvalue weighted by atomic mass is 10.4. The Bertz CT molecular complexity index is 677. The molecule has 0 saturated heterocycles. The van der Waals surface area contributed by atoms with Crippen LogP contribution in [-0.4, -0.2) is 33.5 Å². The van der Waals surface area contributed by atoms with E-state index < -0.39 is 0 Å². The van der Waals surface area contributed by atoms with Crippen LogP contribution in [0, 0.1) is 0 Å². The Labute approximate surface area is 135 Å². The average Bonchev–Trinajstić information content (AvgIpc) is 3.22. The first-order valence-corrected chi connectivity index (χ1v) is 9.14. The molecule has 3 aromatic heterocycles. The van der Waals surface area contributed by atoms with E-state index in [-0.39, 0.29) is 0 Å². The summed E-state index contributed by atoms with van der Waals surface area (Å²) in [5, 5.41) is 16.4. The Morgan fingerprint density at radius 1 is 1.38 bits per heavy atom. The van der Waals surface area contributed by atoms with Crippen molar-refractivity contribution in [3.8, 4) is 10.6 Å². The van der Waals surface area contributed by atoms with Gasteiger partial charge < -0.3 is 9.30 Å². The SMILES string of the molecule is COCCn1cnnc1SCc1csc(-c2ccsc2)n1. The molecule has 0 unspecified atom stereocenters. The van der Waals surface area contributed by atoms with Crippen molar-refractivity contribution in [3.05, 3.63) is 34.2 Å². The van der Waals surface area contributed by atoms with Crippen LogP contribution in [0.2, 0.25) is 0 Å². The Morgan fingerprint density at radius 3 is 3.14 bits per heavy atom. The second kappa shape index (κ2) is 7.17.